The normalized spacial score (nSPS) is 14.2. The van der Waals surface area contributed by atoms with Crippen molar-refractivity contribution in [1.82, 2.24) is 20.1 Å². The molecule has 1 aliphatic carbocycles. The second-order valence-corrected chi connectivity index (χ2v) is 7.84. The first kappa shape index (κ1) is 22.6. The van der Waals surface area contributed by atoms with E-state index in [1.807, 2.05) is 18.4 Å². The molecule has 0 saturated heterocycles. The number of likely N-dealkylation sites (N-methyl/N-ethyl adjacent to an activating group) is 1. The molecule has 1 aromatic heterocycles. The summed E-state index contributed by atoms with van der Waals surface area (Å²) in [5.74, 6) is 0.951. The lowest BCUT2D eigenvalue weighted by atomic mass is 10.0. The van der Waals surface area contributed by atoms with Crippen LogP contribution in [0.4, 0.5) is 0 Å². The number of unbranched alkanes of at least 4 members (excludes halogenated alkanes) is 1. The summed E-state index contributed by atoms with van der Waals surface area (Å²) in [6.07, 6.45) is 7.50. The van der Waals surface area contributed by atoms with Gasteiger partial charge in [0.15, 0.2) is 5.96 Å². The molecule has 0 atom stereocenters. The van der Waals surface area contributed by atoms with Crippen LogP contribution < -0.4 is 5.32 Å². The van der Waals surface area contributed by atoms with Crippen molar-refractivity contribution in [3.05, 3.63) is 15.6 Å². The number of halogens is 1. The predicted molar refractivity (Wildman–Crippen MR) is 119 cm³/mol. The Kier molecular flexibility index (Phi) is 10.9. The minimum atomic E-state index is 0. The maximum absolute atomic E-state index is 4.84. The molecule has 0 bridgehead atoms. The Morgan fingerprint density at radius 3 is 2.68 bits per heavy atom. The number of fused-ring (bicyclic) bond motifs is 1. The number of aryl methyl sites for hydroxylation is 2. The highest BCUT2D eigenvalue weighted by Crippen LogP contribution is 2.27. The van der Waals surface area contributed by atoms with E-state index in [1.54, 1.807) is 0 Å². The van der Waals surface area contributed by atoms with Crippen LogP contribution in [0.3, 0.4) is 0 Å². The van der Waals surface area contributed by atoms with Gasteiger partial charge in [-0.2, -0.15) is 0 Å². The van der Waals surface area contributed by atoms with E-state index in [1.165, 1.54) is 47.7 Å². The van der Waals surface area contributed by atoms with Gasteiger partial charge >= 0.3 is 0 Å². The molecule has 25 heavy (non-hydrogen) atoms. The summed E-state index contributed by atoms with van der Waals surface area (Å²) >= 11 is 1.89. The predicted octanol–water partition coefficient (Wildman–Crippen LogP) is 3.38. The van der Waals surface area contributed by atoms with Gasteiger partial charge in [-0.3, -0.25) is 4.99 Å². The molecule has 1 aliphatic rings. The van der Waals surface area contributed by atoms with Gasteiger partial charge in [-0.1, -0.05) is 13.3 Å². The van der Waals surface area contributed by atoms with Gasteiger partial charge in [0.05, 0.1) is 12.2 Å². The van der Waals surface area contributed by atoms with Crippen LogP contribution in [0.2, 0.25) is 0 Å². The molecular weight excluding hydrogens is 445 g/mol. The summed E-state index contributed by atoms with van der Waals surface area (Å²) in [6, 6.07) is 0. The highest BCUT2D eigenvalue weighted by Gasteiger charge is 2.16. The average Bonchev–Trinajstić information content (AvgIpc) is 2.98. The molecule has 0 amide bonds. The van der Waals surface area contributed by atoms with Gasteiger partial charge in [0.25, 0.3) is 0 Å². The van der Waals surface area contributed by atoms with E-state index in [2.05, 4.69) is 41.1 Å². The Morgan fingerprint density at radius 1 is 1.24 bits per heavy atom. The molecule has 0 radical (unpaired) electrons. The molecule has 1 N–H and O–H groups in total. The molecule has 0 spiro atoms. The fourth-order valence-corrected chi connectivity index (χ4v) is 4.24. The lowest BCUT2D eigenvalue weighted by Gasteiger charge is -2.23. The number of aliphatic imine (C=N–C) groups is 1. The van der Waals surface area contributed by atoms with Crippen molar-refractivity contribution in [1.29, 1.82) is 0 Å². The van der Waals surface area contributed by atoms with Crippen LogP contribution >= 0.6 is 35.3 Å². The zero-order chi connectivity index (χ0) is 17.4. The van der Waals surface area contributed by atoms with E-state index in [0.717, 1.165) is 38.6 Å². The Balaban J connectivity index is 0.00000312. The first-order chi connectivity index (χ1) is 11.6. The summed E-state index contributed by atoms with van der Waals surface area (Å²) in [5.41, 5.74) is 1.34. The Labute approximate surface area is 174 Å². The van der Waals surface area contributed by atoms with Crippen LogP contribution in [0.15, 0.2) is 4.99 Å². The topological polar surface area (TPSA) is 43.8 Å². The van der Waals surface area contributed by atoms with Crippen LogP contribution in [0.1, 0.15) is 48.2 Å². The smallest absolute Gasteiger partial charge is 0.193 e. The zero-order valence-corrected chi connectivity index (χ0v) is 19.3. The van der Waals surface area contributed by atoms with E-state index in [0.29, 0.717) is 0 Å². The van der Waals surface area contributed by atoms with Gasteiger partial charge in [0.1, 0.15) is 5.01 Å². The van der Waals surface area contributed by atoms with Gasteiger partial charge in [0, 0.05) is 32.1 Å². The van der Waals surface area contributed by atoms with Gasteiger partial charge in [0.2, 0.25) is 0 Å². The molecule has 1 aromatic rings. The molecule has 1 heterocycles. The lowest BCUT2D eigenvalue weighted by Crippen LogP contribution is -2.41. The molecule has 2 rings (SSSR count). The molecule has 0 aliphatic heterocycles. The number of guanidine groups is 1. The third kappa shape index (κ3) is 7.38. The maximum Gasteiger partial charge on any atom is 0.193 e. The molecule has 0 unspecified atom stereocenters. The molecule has 0 aromatic carbocycles. The Bertz CT molecular complexity index is 508. The first-order valence-electron chi connectivity index (χ1n) is 9.21. The fourth-order valence-electron chi connectivity index (χ4n) is 3.03. The number of hydrogen-bond acceptors (Lipinski definition) is 4. The highest BCUT2D eigenvalue weighted by molar-refractivity contribution is 14.0. The minimum Gasteiger partial charge on any atom is -0.355 e. The minimum absolute atomic E-state index is 0. The number of rotatable bonds is 8. The van der Waals surface area contributed by atoms with Crippen LogP contribution in [-0.2, 0) is 19.4 Å². The number of hydrogen-bond donors (Lipinski definition) is 1. The van der Waals surface area contributed by atoms with E-state index in [4.69, 9.17) is 4.98 Å². The summed E-state index contributed by atoms with van der Waals surface area (Å²) in [6.45, 7) is 6.20. The van der Waals surface area contributed by atoms with E-state index in [-0.39, 0.29) is 24.0 Å². The first-order valence-corrected chi connectivity index (χ1v) is 10.0. The lowest BCUT2D eigenvalue weighted by molar-refractivity contribution is 0.330. The van der Waals surface area contributed by atoms with Crippen molar-refractivity contribution in [2.45, 2.75) is 52.0 Å². The molecule has 0 saturated carbocycles. The van der Waals surface area contributed by atoms with Gasteiger partial charge in [-0.25, -0.2) is 4.98 Å². The zero-order valence-electron chi connectivity index (χ0n) is 16.2. The second kappa shape index (κ2) is 12.1. The highest BCUT2D eigenvalue weighted by atomic mass is 127. The quantitative estimate of drug-likeness (QED) is 0.353. The van der Waals surface area contributed by atoms with E-state index in [9.17, 15) is 0 Å². The molecule has 144 valence electrons. The number of nitrogens with one attached hydrogen (secondary N) is 1. The standard InChI is InChI=1S/C18H33N5S.HI/c1-5-6-12-22(3)13-11-20-18(19-2)23(4)14-17-21-15-9-7-8-10-16(15)24-17;/h5-14H2,1-4H3,(H,19,20);1H. The average molecular weight is 479 g/mol. The maximum atomic E-state index is 4.84. The molecular formula is C18H34IN5S. The van der Waals surface area contributed by atoms with Crippen molar-refractivity contribution in [2.24, 2.45) is 4.99 Å². The van der Waals surface area contributed by atoms with Crippen LogP contribution in [0.25, 0.3) is 0 Å². The number of thiazole rings is 1. The van der Waals surface area contributed by atoms with Crippen molar-refractivity contribution in [2.75, 3.05) is 40.8 Å². The Hall–Kier alpha value is -0.410. The van der Waals surface area contributed by atoms with Crippen LogP contribution in [0.5, 0.6) is 0 Å². The number of nitrogens with zero attached hydrogens (tertiary/aromatic N) is 4. The fraction of sp³-hybridized carbons (Fsp3) is 0.778. The van der Waals surface area contributed by atoms with E-state index >= 15 is 0 Å². The van der Waals surface area contributed by atoms with Crippen molar-refractivity contribution in [3.63, 3.8) is 0 Å². The third-order valence-corrected chi connectivity index (χ3v) is 5.65. The SMILES string of the molecule is CCCCN(C)CCNC(=NC)N(C)Cc1nc2c(s1)CCCC2.I. The largest absolute Gasteiger partial charge is 0.355 e. The van der Waals surface area contributed by atoms with Crippen LogP contribution in [0, 0.1) is 0 Å². The Morgan fingerprint density at radius 2 is 2.00 bits per heavy atom. The summed E-state index contributed by atoms with van der Waals surface area (Å²) < 4.78 is 0. The second-order valence-electron chi connectivity index (χ2n) is 6.67. The molecule has 0 fully saturated rings. The van der Waals surface area contributed by atoms with Gasteiger partial charge in [-0.05, 0) is 45.7 Å². The van der Waals surface area contributed by atoms with Gasteiger partial charge < -0.3 is 15.1 Å². The molecule has 5 nitrogen and oxygen atoms in total. The monoisotopic (exact) mass is 479 g/mol. The number of aromatic nitrogens is 1. The molecule has 7 heteroatoms. The van der Waals surface area contributed by atoms with Gasteiger partial charge in [-0.15, -0.1) is 35.3 Å². The van der Waals surface area contributed by atoms with Crippen molar-refractivity contribution in [3.8, 4) is 0 Å². The van der Waals surface area contributed by atoms with E-state index < -0.39 is 0 Å². The summed E-state index contributed by atoms with van der Waals surface area (Å²) in [4.78, 5) is 15.3. The third-order valence-electron chi connectivity index (χ3n) is 4.51. The van der Waals surface area contributed by atoms with Crippen molar-refractivity contribution < 1.29 is 0 Å². The summed E-state index contributed by atoms with van der Waals surface area (Å²) in [7, 11) is 6.13. The van der Waals surface area contributed by atoms with Crippen molar-refractivity contribution >= 4 is 41.3 Å². The van der Waals surface area contributed by atoms with Crippen LogP contribution in [-0.4, -0.2) is 61.5 Å². The summed E-state index contributed by atoms with van der Waals surface area (Å²) in [5, 5.41) is 4.68.